The molecule has 0 atom stereocenters. The van der Waals surface area contributed by atoms with Crippen molar-refractivity contribution in [2.24, 2.45) is 5.41 Å². The number of likely N-dealkylation sites (tertiary alicyclic amines) is 1. The minimum Gasteiger partial charge on any atom is -0.451 e. The van der Waals surface area contributed by atoms with Gasteiger partial charge in [-0.15, -0.1) is 11.8 Å². The second-order valence-corrected chi connectivity index (χ2v) is 11.4. The molecule has 0 bridgehead atoms. The number of hydrogen-bond acceptors (Lipinski definition) is 7. The van der Waals surface area contributed by atoms with Crippen molar-refractivity contribution < 1.29 is 18.7 Å². The van der Waals surface area contributed by atoms with Crippen molar-refractivity contribution in [2.45, 2.75) is 37.0 Å². The summed E-state index contributed by atoms with van der Waals surface area (Å²) < 4.78 is 25.8. The average Bonchev–Trinajstić information content (AvgIpc) is 2.78. The lowest BCUT2D eigenvalue weighted by molar-refractivity contribution is -0.0455. The zero-order valence-electron chi connectivity index (χ0n) is 20.6. The van der Waals surface area contributed by atoms with Crippen LogP contribution in [0.4, 0.5) is 15.0 Å². The highest BCUT2D eigenvalue weighted by molar-refractivity contribution is 7.98. The summed E-state index contributed by atoms with van der Waals surface area (Å²) in [5.74, 6) is 2.15. The number of thioether (sulfide) groups is 1. The van der Waals surface area contributed by atoms with E-state index in [4.69, 9.17) is 9.47 Å². The van der Waals surface area contributed by atoms with Crippen LogP contribution in [0.2, 0.25) is 0 Å². The molecule has 3 aromatic rings. The summed E-state index contributed by atoms with van der Waals surface area (Å²) in [5, 5.41) is 0. The monoisotopic (exact) mass is 508 g/mol. The topological polar surface area (TPSA) is 67.8 Å². The lowest BCUT2D eigenvalue weighted by atomic mass is 9.73. The maximum Gasteiger partial charge on any atom is 0.410 e. The van der Waals surface area contributed by atoms with Gasteiger partial charge in [-0.2, -0.15) is 0 Å². The Bertz CT molecular complexity index is 1240. The van der Waals surface area contributed by atoms with Gasteiger partial charge in [-0.3, -0.25) is 0 Å². The second-order valence-electron chi connectivity index (χ2n) is 10.4. The molecule has 2 aliphatic rings. The minimum atomic E-state index is -0.503. The van der Waals surface area contributed by atoms with Crippen molar-refractivity contribution in [2.75, 3.05) is 31.1 Å². The first kappa shape index (κ1) is 24.4. The van der Waals surface area contributed by atoms with Gasteiger partial charge >= 0.3 is 6.09 Å². The van der Waals surface area contributed by atoms with Crippen molar-refractivity contribution in [3.8, 4) is 11.5 Å². The molecule has 0 N–H and O–H groups in total. The summed E-state index contributed by atoms with van der Waals surface area (Å²) >= 11 is 1.52. The Labute approximate surface area is 214 Å². The SMILES string of the molecule is CC(C)(C)OC(=O)N1CC2(C1)CN(c1ncncc1Oc1ccc(F)cc1SCc1ccccc1)C2. The summed E-state index contributed by atoms with van der Waals surface area (Å²) in [7, 11) is 0. The third-order valence-corrected chi connectivity index (χ3v) is 7.19. The fraction of sp³-hybridized carbons (Fsp3) is 0.370. The highest BCUT2D eigenvalue weighted by atomic mass is 32.2. The van der Waals surface area contributed by atoms with Gasteiger partial charge < -0.3 is 19.3 Å². The zero-order valence-corrected chi connectivity index (χ0v) is 21.4. The van der Waals surface area contributed by atoms with Crippen molar-refractivity contribution in [1.29, 1.82) is 0 Å². The van der Waals surface area contributed by atoms with Crippen LogP contribution in [0.15, 0.2) is 66.0 Å². The first-order chi connectivity index (χ1) is 17.2. The molecule has 5 rings (SSSR count). The van der Waals surface area contributed by atoms with Crippen LogP contribution in [0.25, 0.3) is 0 Å². The van der Waals surface area contributed by atoms with Gasteiger partial charge in [0.05, 0.1) is 11.1 Å². The minimum absolute atomic E-state index is 0.0473. The Kier molecular flexibility index (Phi) is 6.51. The zero-order chi connectivity index (χ0) is 25.3. The average molecular weight is 509 g/mol. The second kappa shape index (κ2) is 9.61. The number of aromatic nitrogens is 2. The lowest BCUT2D eigenvalue weighted by Crippen LogP contribution is -2.73. The summed E-state index contributed by atoms with van der Waals surface area (Å²) in [4.78, 5) is 25.5. The molecule has 9 heteroatoms. The van der Waals surface area contributed by atoms with Gasteiger partial charge in [0, 0.05) is 37.3 Å². The molecule has 0 unspecified atom stereocenters. The number of rotatable bonds is 6. The van der Waals surface area contributed by atoms with Crippen LogP contribution < -0.4 is 9.64 Å². The van der Waals surface area contributed by atoms with E-state index in [2.05, 4.69) is 14.9 Å². The maximum atomic E-state index is 14.1. The summed E-state index contributed by atoms with van der Waals surface area (Å²) in [5.41, 5.74) is 0.691. The van der Waals surface area contributed by atoms with E-state index in [0.29, 0.717) is 41.1 Å². The number of amides is 1. The molecule has 3 heterocycles. The number of carbonyl (C=O) groups is 1. The molecule has 1 aromatic heterocycles. The fourth-order valence-electron chi connectivity index (χ4n) is 4.48. The van der Waals surface area contributed by atoms with E-state index in [9.17, 15) is 9.18 Å². The van der Waals surface area contributed by atoms with Crippen molar-refractivity contribution in [3.05, 3.63) is 72.4 Å². The van der Waals surface area contributed by atoms with Gasteiger partial charge in [0.25, 0.3) is 0 Å². The fourth-order valence-corrected chi connectivity index (χ4v) is 5.45. The molecular weight excluding hydrogens is 479 g/mol. The van der Waals surface area contributed by atoms with Gasteiger partial charge in [0.15, 0.2) is 11.6 Å². The van der Waals surface area contributed by atoms with E-state index >= 15 is 0 Å². The molecule has 1 amide bonds. The van der Waals surface area contributed by atoms with E-state index in [1.54, 1.807) is 17.2 Å². The highest BCUT2D eigenvalue weighted by Crippen LogP contribution is 2.45. The molecule has 2 fully saturated rings. The Morgan fingerprint density at radius 3 is 2.56 bits per heavy atom. The van der Waals surface area contributed by atoms with Crippen LogP contribution >= 0.6 is 11.8 Å². The number of anilines is 1. The third kappa shape index (κ3) is 5.41. The molecule has 2 aliphatic heterocycles. The summed E-state index contributed by atoms with van der Waals surface area (Å²) in [6.45, 7) is 8.46. The van der Waals surface area contributed by atoms with Crippen LogP contribution in [0.1, 0.15) is 26.3 Å². The molecule has 0 radical (unpaired) electrons. The number of hydrogen-bond donors (Lipinski definition) is 0. The molecule has 0 saturated carbocycles. The quantitative estimate of drug-likeness (QED) is 0.392. The van der Waals surface area contributed by atoms with Gasteiger partial charge in [-0.25, -0.2) is 19.2 Å². The first-order valence-electron chi connectivity index (χ1n) is 11.9. The molecule has 2 aromatic carbocycles. The van der Waals surface area contributed by atoms with Crippen LogP contribution in [-0.2, 0) is 10.5 Å². The molecule has 2 saturated heterocycles. The smallest absolute Gasteiger partial charge is 0.410 e. The normalized spacial score (nSPS) is 16.3. The predicted octanol–water partition coefficient (Wildman–Crippen LogP) is 5.76. The van der Waals surface area contributed by atoms with Crippen LogP contribution in [0.5, 0.6) is 11.5 Å². The van der Waals surface area contributed by atoms with Gasteiger partial charge in [-0.05, 0) is 44.5 Å². The first-order valence-corrected chi connectivity index (χ1v) is 12.9. The number of ether oxygens (including phenoxy) is 2. The van der Waals surface area contributed by atoms with Gasteiger partial charge in [0.1, 0.15) is 23.5 Å². The van der Waals surface area contributed by atoms with E-state index in [1.807, 2.05) is 51.1 Å². The summed E-state index contributed by atoms with van der Waals surface area (Å²) in [6.07, 6.45) is 2.86. The number of benzene rings is 2. The molecule has 7 nitrogen and oxygen atoms in total. The Morgan fingerprint density at radius 2 is 1.83 bits per heavy atom. The van der Waals surface area contributed by atoms with E-state index in [-0.39, 0.29) is 17.3 Å². The van der Waals surface area contributed by atoms with Crippen LogP contribution in [0, 0.1) is 11.2 Å². The lowest BCUT2D eigenvalue weighted by Gasteiger charge is -2.60. The third-order valence-electron chi connectivity index (χ3n) is 6.08. The largest absolute Gasteiger partial charge is 0.451 e. The van der Waals surface area contributed by atoms with Crippen molar-refractivity contribution >= 4 is 23.7 Å². The molecular formula is C27H29FN4O3S. The standard InChI is InChI=1S/C27H29FN4O3S/c1-26(2,3)35-25(33)32-16-27(17-32)14-31(15-27)24-22(12-29-18-30-24)34-21-10-9-20(28)11-23(21)36-13-19-7-5-4-6-8-19/h4-12,18H,13-17H2,1-3H3. The van der Waals surface area contributed by atoms with Gasteiger partial charge in [0.2, 0.25) is 0 Å². The molecule has 188 valence electrons. The molecule has 36 heavy (non-hydrogen) atoms. The molecule has 1 spiro atoms. The molecule has 0 aliphatic carbocycles. The number of nitrogens with zero attached hydrogens (tertiary/aromatic N) is 4. The highest BCUT2D eigenvalue weighted by Gasteiger charge is 2.54. The number of carbonyl (C=O) groups excluding carboxylic acids is 1. The van der Waals surface area contributed by atoms with E-state index < -0.39 is 5.60 Å². The maximum absolute atomic E-state index is 14.1. The Morgan fingerprint density at radius 1 is 1.08 bits per heavy atom. The Hall–Kier alpha value is -3.33. The van der Waals surface area contributed by atoms with Gasteiger partial charge in [-0.1, -0.05) is 30.3 Å². The Balaban J connectivity index is 1.24. The van der Waals surface area contributed by atoms with E-state index in [1.165, 1.54) is 30.2 Å². The van der Waals surface area contributed by atoms with E-state index in [0.717, 1.165) is 18.7 Å². The predicted molar refractivity (Wildman–Crippen MR) is 137 cm³/mol. The van der Waals surface area contributed by atoms with Crippen molar-refractivity contribution in [1.82, 2.24) is 14.9 Å². The number of halogens is 1. The summed E-state index contributed by atoms with van der Waals surface area (Å²) in [6, 6.07) is 14.6. The van der Waals surface area contributed by atoms with Crippen LogP contribution in [-0.4, -0.2) is 52.7 Å². The van der Waals surface area contributed by atoms with Crippen molar-refractivity contribution in [3.63, 3.8) is 0 Å². The van der Waals surface area contributed by atoms with Crippen LogP contribution in [0.3, 0.4) is 0 Å².